The lowest BCUT2D eigenvalue weighted by atomic mass is 9.53. The van der Waals surface area contributed by atoms with Crippen LogP contribution in [0.15, 0.2) is 24.2 Å². The van der Waals surface area contributed by atoms with Gasteiger partial charge in [0.2, 0.25) is 0 Å². The third kappa shape index (κ3) is 1.28. The van der Waals surface area contributed by atoms with Crippen LogP contribution in [0.3, 0.4) is 0 Å². The number of hydrogen-bond acceptors (Lipinski definition) is 4. The molecule has 0 radical (unpaired) electrons. The first kappa shape index (κ1) is 6.54. The van der Waals surface area contributed by atoms with Gasteiger partial charge in [-0.3, -0.25) is 0 Å². The molecule has 22 heavy (non-hydrogen) atoms. The van der Waals surface area contributed by atoms with E-state index in [2.05, 4.69) is 0 Å². The third-order valence-corrected chi connectivity index (χ3v) is 5.34. The molecule has 2 unspecified atom stereocenters. The Balaban J connectivity index is 1.86. The number of hydrogen-bond donors (Lipinski definition) is 1. The molecule has 2 heterocycles. The molecule has 1 aromatic rings. The lowest BCUT2D eigenvalue weighted by Gasteiger charge is -2.56. The summed E-state index contributed by atoms with van der Waals surface area (Å²) in [6.07, 6.45) is -0.961. The molecule has 4 aliphatic rings. The minimum atomic E-state index is -2.95. The fraction of sp³-hybridized carbons (Fsp3) is 0.556. The summed E-state index contributed by atoms with van der Waals surface area (Å²) in [4.78, 5) is 1.06. The minimum Gasteiger partial charge on any atom is -0.493 e. The highest BCUT2D eigenvalue weighted by Gasteiger charge is 2.64. The van der Waals surface area contributed by atoms with Crippen LogP contribution in [0.1, 0.15) is 31.3 Å². The van der Waals surface area contributed by atoms with E-state index in [-0.39, 0.29) is 36.3 Å². The highest BCUT2D eigenvalue weighted by Crippen LogP contribution is 2.62. The van der Waals surface area contributed by atoms with E-state index in [4.69, 9.17) is 21.8 Å². The van der Waals surface area contributed by atoms with Crippen LogP contribution in [0.4, 0.5) is 0 Å². The molecule has 5 atom stereocenters. The predicted molar refractivity (Wildman–Crippen MR) is 82.5 cm³/mol. The summed E-state index contributed by atoms with van der Waals surface area (Å²) >= 11 is 0. The molecule has 2 aliphatic heterocycles. The maximum Gasteiger partial charge on any atom is 0.165 e. The molecular formula is C18H21NO3. The van der Waals surface area contributed by atoms with Crippen molar-refractivity contribution in [3.8, 4) is 11.5 Å². The molecule has 1 fully saturated rings. The zero-order chi connectivity index (χ0) is 23.6. The number of nitrogens with zero attached hydrogens (tertiary/aromatic N) is 1. The van der Waals surface area contributed by atoms with E-state index in [9.17, 15) is 6.48 Å². The van der Waals surface area contributed by atoms with Crippen molar-refractivity contribution in [3.05, 3.63) is 35.4 Å². The Kier molecular flexibility index (Phi) is 1.21. The van der Waals surface area contributed by atoms with Crippen LogP contribution in [0, 0.1) is 5.92 Å². The third-order valence-electron chi connectivity index (χ3n) is 5.34. The number of likely N-dealkylation sites (tertiary alicyclic amines) is 1. The summed E-state index contributed by atoms with van der Waals surface area (Å²) < 4.78 is 92.5. The van der Waals surface area contributed by atoms with Gasteiger partial charge in [0, 0.05) is 28.4 Å². The molecule has 2 aliphatic carbocycles. The number of ether oxygens (including phenoxy) is 2. The smallest absolute Gasteiger partial charge is 0.165 e. The van der Waals surface area contributed by atoms with E-state index in [1.54, 1.807) is 0 Å². The van der Waals surface area contributed by atoms with Crippen molar-refractivity contribution < 1.29 is 28.3 Å². The molecule has 5 rings (SSSR count). The normalized spacial score (nSPS) is 55.5. The first-order chi connectivity index (χ1) is 14.6. The second-order valence-electron chi connectivity index (χ2n) is 6.18. The lowest BCUT2D eigenvalue weighted by Crippen LogP contribution is -2.64. The van der Waals surface area contributed by atoms with Gasteiger partial charge in [0.25, 0.3) is 0 Å². The van der Waals surface area contributed by atoms with Crippen LogP contribution < -0.4 is 9.47 Å². The molecule has 0 amide bonds. The fourth-order valence-corrected chi connectivity index (χ4v) is 4.49. The largest absolute Gasteiger partial charge is 0.493 e. The van der Waals surface area contributed by atoms with Crippen molar-refractivity contribution in [3.63, 3.8) is 0 Å². The van der Waals surface area contributed by atoms with Crippen LogP contribution in [-0.4, -0.2) is 48.8 Å². The Morgan fingerprint density at radius 1 is 1.55 bits per heavy atom. The van der Waals surface area contributed by atoms with E-state index < -0.39 is 61.4 Å². The zero-order valence-electron chi connectivity index (χ0n) is 21.6. The van der Waals surface area contributed by atoms with Gasteiger partial charge in [-0.05, 0) is 38.0 Å². The average molecular weight is 309 g/mol. The second-order valence-corrected chi connectivity index (χ2v) is 6.18. The molecule has 0 saturated carbocycles. The van der Waals surface area contributed by atoms with E-state index in [1.807, 2.05) is 0 Å². The number of aliphatic hydroxyl groups is 1. The SMILES string of the molecule is [2H]c1c([2H])c(OC([2H])([2H])[2H])c2c3c1C[C@]1([2H])[C@@H]4C=CC(O)C([2H])(O2)[C@]34CCN1C([2H])([2H])[2H]. The summed E-state index contributed by atoms with van der Waals surface area (Å²) in [5.41, 5.74) is -0.988. The first-order valence-corrected chi connectivity index (χ1v) is 7.26. The Morgan fingerprint density at radius 2 is 2.50 bits per heavy atom. The number of benzene rings is 1. The fourth-order valence-electron chi connectivity index (χ4n) is 4.49. The van der Waals surface area contributed by atoms with Crippen LogP contribution in [-0.2, 0) is 11.8 Å². The topological polar surface area (TPSA) is 41.9 Å². The van der Waals surface area contributed by atoms with E-state index in [0.29, 0.717) is 0 Å². The van der Waals surface area contributed by atoms with Crippen molar-refractivity contribution in [2.75, 3.05) is 20.6 Å². The number of rotatable bonds is 1. The molecular weight excluding hydrogens is 278 g/mol. The van der Waals surface area contributed by atoms with Gasteiger partial charge < -0.3 is 19.5 Å². The molecule has 1 N–H and O–H groups in total. The number of likely N-dealkylation sites (N-methyl/N-ethyl adjacent to an activating group) is 1. The molecule has 4 heteroatoms. The quantitative estimate of drug-likeness (QED) is 0.798. The standard InChI is InChI=1S/C18H21NO3/c1-19-8-7-18-11-4-5-13(20)17(18)22-16-14(21-2)6-3-10(15(16)18)9-12(11)19/h3-6,11-13,17,20H,7-9H2,1-2H3/t11-,12+,13?,17?,18-/m0/s1/i1D3,2D3,3D,6D,12D,17D. The van der Waals surface area contributed by atoms with Gasteiger partial charge in [0.15, 0.2) is 11.5 Å². The molecule has 4 nitrogen and oxygen atoms in total. The predicted octanol–water partition coefficient (Wildman–Crippen LogP) is 1.50. The van der Waals surface area contributed by atoms with Crippen molar-refractivity contribution in [1.82, 2.24) is 4.90 Å². The first-order valence-electron chi connectivity index (χ1n) is 12.3. The summed E-state index contributed by atoms with van der Waals surface area (Å²) in [5.74, 6) is -1.59. The summed E-state index contributed by atoms with van der Waals surface area (Å²) in [5, 5.41) is 10.8. The van der Waals surface area contributed by atoms with Crippen LogP contribution in [0.25, 0.3) is 0 Å². The van der Waals surface area contributed by atoms with Gasteiger partial charge in [-0.25, -0.2) is 0 Å². The highest BCUT2D eigenvalue weighted by molar-refractivity contribution is 5.62. The van der Waals surface area contributed by atoms with E-state index >= 15 is 0 Å². The van der Waals surface area contributed by atoms with Gasteiger partial charge in [-0.1, -0.05) is 18.2 Å². The Hall–Kier alpha value is -1.52. The molecule has 0 aromatic heterocycles. The van der Waals surface area contributed by atoms with Gasteiger partial charge >= 0.3 is 0 Å². The zero-order valence-corrected chi connectivity index (χ0v) is 11.6. The van der Waals surface area contributed by atoms with Crippen molar-refractivity contribution in [2.45, 2.75) is 36.5 Å². The lowest BCUT2D eigenvalue weighted by molar-refractivity contribution is -0.0453. The van der Waals surface area contributed by atoms with Crippen LogP contribution in [0.5, 0.6) is 11.5 Å². The Morgan fingerprint density at radius 3 is 3.36 bits per heavy atom. The van der Waals surface area contributed by atoms with Gasteiger partial charge in [0.1, 0.15) is 12.2 Å². The highest BCUT2D eigenvalue weighted by atomic mass is 16.5. The summed E-state index contributed by atoms with van der Waals surface area (Å²) in [6.45, 7) is -2.71. The van der Waals surface area contributed by atoms with Crippen molar-refractivity contribution in [1.29, 1.82) is 0 Å². The molecule has 1 aromatic carbocycles. The minimum absolute atomic E-state index is 0.0194. The second kappa shape index (κ2) is 4.06. The summed E-state index contributed by atoms with van der Waals surface area (Å²) in [7, 11) is -2.95. The van der Waals surface area contributed by atoms with E-state index in [1.165, 1.54) is 12.2 Å². The van der Waals surface area contributed by atoms with Gasteiger partial charge in [-0.15, -0.1) is 0 Å². The Bertz CT molecular complexity index is 1060. The van der Waals surface area contributed by atoms with Crippen molar-refractivity contribution in [2.24, 2.45) is 5.92 Å². The average Bonchev–Trinajstić information content (AvgIpc) is 2.90. The molecule has 1 saturated heterocycles. The number of piperidine rings is 1. The maximum atomic E-state index is 10.8. The Labute approximate surface area is 144 Å². The van der Waals surface area contributed by atoms with Crippen LogP contribution >= 0.6 is 0 Å². The van der Waals surface area contributed by atoms with Crippen molar-refractivity contribution >= 4 is 0 Å². The molecule has 116 valence electrons. The molecule has 2 bridgehead atoms. The van der Waals surface area contributed by atoms with Gasteiger partial charge in [0.05, 0.1) is 15.3 Å². The number of aliphatic hydroxyl groups excluding tert-OH is 1. The van der Waals surface area contributed by atoms with E-state index in [0.717, 1.165) is 4.90 Å². The number of methoxy groups -OCH3 is 1. The molecule has 1 spiro atoms. The monoisotopic (exact) mass is 309 g/mol. The summed E-state index contributed by atoms with van der Waals surface area (Å²) in [6, 6.07) is -2.78. The maximum absolute atomic E-state index is 10.8. The van der Waals surface area contributed by atoms with Crippen LogP contribution in [0.2, 0.25) is 0 Å². The van der Waals surface area contributed by atoms with Gasteiger partial charge in [-0.2, -0.15) is 0 Å².